The highest BCUT2D eigenvalue weighted by Crippen LogP contribution is 2.45. The van der Waals surface area contributed by atoms with E-state index in [1.807, 2.05) is 4.57 Å². The monoisotopic (exact) mass is 314 g/mol. The summed E-state index contributed by atoms with van der Waals surface area (Å²) < 4.78 is 1.98. The zero-order valence-corrected chi connectivity index (χ0v) is 13.0. The van der Waals surface area contributed by atoms with Crippen molar-refractivity contribution in [1.82, 2.24) is 24.8 Å². The van der Waals surface area contributed by atoms with Gasteiger partial charge in [0.1, 0.15) is 11.8 Å². The van der Waals surface area contributed by atoms with Gasteiger partial charge in [-0.25, -0.2) is 15.0 Å². The lowest BCUT2D eigenvalue weighted by Crippen LogP contribution is -2.49. The molecule has 23 heavy (non-hydrogen) atoms. The lowest BCUT2D eigenvalue weighted by molar-refractivity contribution is -0.0432. The minimum absolute atomic E-state index is 0.0312. The van der Waals surface area contributed by atoms with Crippen LogP contribution in [0.4, 0.5) is 5.82 Å². The molecule has 3 atom stereocenters. The van der Waals surface area contributed by atoms with Crippen molar-refractivity contribution in [3.63, 3.8) is 0 Å². The molecular formula is C16H22N6O. The molecule has 0 saturated heterocycles. The van der Waals surface area contributed by atoms with Crippen LogP contribution in [-0.4, -0.2) is 43.8 Å². The van der Waals surface area contributed by atoms with Crippen molar-refractivity contribution < 1.29 is 5.11 Å². The first-order valence-corrected chi connectivity index (χ1v) is 8.18. The van der Waals surface area contributed by atoms with Crippen LogP contribution in [0.3, 0.4) is 0 Å². The van der Waals surface area contributed by atoms with Gasteiger partial charge in [-0.3, -0.25) is 0 Å². The average Bonchev–Trinajstić information content (AvgIpc) is 2.84. The van der Waals surface area contributed by atoms with Gasteiger partial charge in [0.2, 0.25) is 0 Å². The summed E-state index contributed by atoms with van der Waals surface area (Å²) in [6, 6.07) is -0.0312. The minimum atomic E-state index is -0.444. The molecule has 1 aliphatic carbocycles. The van der Waals surface area contributed by atoms with E-state index in [4.69, 9.17) is 5.73 Å². The van der Waals surface area contributed by atoms with Gasteiger partial charge < -0.3 is 20.7 Å². The molecule has 2 aromatic rings. The van der Waals surface area contributed by atoms with Gasteiger partial charge in [0, 0.05) is 18.5 Å². The van der Waals surface area contributed by atoms with Crippen LogP contribution >= 0.6 is 0 Å². The fourth-order valence-electron chi connectivity index (χ4n) is 4.07. The topological polar surface area (TPSA) is 102 Å². The molecule has 1 spiro atoms. The average molecular weight is 314 g/mol. The highest BCUT2D eigenvalue weighted by molar-refractivity contribution is 5.81. The molecule has 1 fully saturated rings. The number of hydrogen-bond donors (Lipinski definition) is 3. The van der Waals surface area contributed by atoms with E-state index in [0.717, 1.165) is 38.8 Å². The van der Waals surface area contributed by atoms with E-state index >= 15 is 0 Å². The van der Waals surface area contributed by atoms with Crippen LogP contribution in [0.25, 0.3) is 11.2 Å². The predicted molar refractivity (Wildman–Crippen MR) is 87.7 cm³/mol. The van der Waals surface area contributed by atoms with Gasteiger partial charge in [-0.05, 0) is 19.3 Å². The Balaban J connectivity index is 1.73. The molecule has 1 unspecified atom stereocenters. The molecule has 1 aliphatic heterocycles. The molecule has 2 aromatic heterocycles. The first kappa shape index (κ1) is 14.6. The van der Waals surface area contributed by atoms with Crippen molar-refractivity contribution in [3.05, 3.63) is 24.8 Å². The number of nitrogen functional groups attached to an aromatic ring is 1. The van der Waals surface area contributed by atoms with Gasteiger partial charge in [0.05, 0.1) is 18.5 Å². The summed E-state index contributed by atoms with van der Waals surface area (Å²) in [5.74, 6) is 0.382. The Labute approximate surface area is 134 Å². The third-order valence-corrected chi connectivity index (χ3v) is 5.34. The molecule has 1 saturated carbocycles. The quantitative estimate of drug-likeness (QED) is 0.680. The Morgan fingerprint density at radius 3 is 3.13 bits per heavy atom. The zero-order valence-electron chi connectivity index (χ0n) is 13.0. The number of imidazole rings is 1. The SMILES string of the molecule is Nc1ncnc2c1ncn2C1CCC[C@]2(CC=CCNC2)[C@H]1O. The van der Waals surface area contributed by atoms with Crippen molar-refractivity contribution >= 4 is 17.0 Å². The number of anilines is 1. The summed E-state index contributed by atoms with van der Waals surface area (Å²) in [7, 11) is 0. The highest BCUT2D eigenvalue weighted by Gasteiger charge is 2.45. The van der Waals surface area contributed by atoms with E-state index in [2.05, 4.69) is 32.4 Å². The van der Waals surface area contributed by atoms with Crippen LogP contribution in [0.2, 0.25) is 0 Å². The summed E-state index contributed by atoms with van der Waals surface area (Å²) in [5, 5.41) is 14.6. The van der Waals surface area contributed by atoms with Crippen LogP contribution in [0, 0.1) is 5.41 Å². The summed E-state index contributed by atoms with van der Waals surface area (Å²) in [6.45, 7) is 1.71. The Morgan fingerprint density at radius 1 is 1.30 bits per heavy atom. The Bertz CT molecular complexity index is 741. The molecule has 4 rings (SSSR count). The highest BCUT2D eigenvalue weighted by atomic mass is 16.3. The Morgan fingerprint density at radius 2 is 2.22 bits per heavy atom. The number of allylic oxidation sites excluding steroid dienone is 1. The maximum Gasteiger partial charge on any atom is 0.165 e. The van der Waals surface area contributed by atoms with Gasteiger partial charge in [-0.2, -0.15) is 0 Å². The summed E-state index contributed by atoms with van der Waals surface area (Å²) in [6.07, 6.45) is 11.0. The number of nitrogens with one attached hydrogen (secondary N) is 1. The fourth-order valence-corrected chi connectivity index (χ4v) is 4.07. The summed E-state index contributed by atoms with van der Waals surface area (Å²) >= 11 is 0. The van der Waals surface area contributed by atoms with Crippen molar-refractivity contribution in [3.8, 4) is 0 Å². The smallest absolute Gasteiger partial charge is 0.165 e. The Kier molecular flexibility index (Phi) is 3.54. The van der Waals surface area contributed by atoms with E-state index < -0.39 is 6.10 Å². The predicted octanol–water partition coefficient (Wildman–Crippen LogP) is 1.03. The van der Waals surface area contributed by atoms with Gasteiger partial charge >= 0.3 is 0 Å². The van der Waals surface area contributed by atoms with E-state index in [1.54, 1.807) is 6.33 Å². The van der Waals surface area contributed by atoms with E-state index in [0.29, 0.717) is 17.0 Å². The number of rotatable bonds is 1. The first-order chi connectivity index (χ1) is 11.2. The number of aromatic nitrogens is 4. The van der Waals surface area contributed by atoms with Crippen molar-refractivity contribution in [2.24, 2.45) is 5.41 Å². The maximum atomic E-state index is 11.2. The molecule has 2 aliphatic rings. The number of aliphatic hydroxyl groups is 1. The zero-order chi connectivity index (χ0) is 15.9. The largest absolute Gasteiger partial charge is 0.390 e. The molecule has 0 amide bonds. The maximum absolute atomic E-state index is 11.2. The van der Waals surface area contributed by atoms with E-state index in [9.17, 15) is 5.11 Å². The van der Waals surface area contributed by atoms with Crippen molar-refractivity contribution in [1.29, 1.82) is 0 Å². The number of nitrogens with two attached hydrogens (primary N) is 1. The third-order valence-electron chi connectivity index (χ3n) is 5.34. The van der Waals surface area contributed by atoms with E-state index in [-0.39, 0.29) is 11.5 Å². The van der Waals surface area contributed by atoms with Crippen LogP contribution < -0.4 is 11.1 Å². The molecule has 3 heterocycles. The second-order valence-electron chi connectivity index (χ2n) is 6.66. The van der Waals surface area contributed by atoms with Crippen molar-refractivity contribution in [2.75, 3.05) is 18.8 Å². The molecule has 0 radical (unpaired) electrons. The molecular weight excluding hydrogens is 292 g/mol. The van der Waals surface area contributed by atoms with E-state index in [1.165, 1.54) is 6.33 Å². The van der Waals surface area contributed by atoms with Gasteiger partial charge in [-0.1, -0.05) is 18.6 Å². The number of hydrogen-bond acceptors (Lipinski definition) is 6. The molecule has 4 N–H and O–H groups in total. The summed E-state index contributed by atoms with van der Waals surface area (Å²) in [5.41, 5.74) is 7.08. The Hall–Kier alpha value is -1.99. The van der Waals surface area contributed by atoms with Crippen LogP contribution in [-0.2, 0) is 0 Å². The molecule has 0 bridgehead atoms. The number of aliphatic hydroxyl groups excluding tert-OH is 1. The van der Waals surface area contributed by atoms with Crippen LogP contribution in [0.5, 0.6) is 0 Å². The van der Waals surface area contributed by atoms with Gasteiger partial charge in [0.15, 0.2) is 11.5 Å². The van der Waals surface area contributed by atoms with Crippen LogP contribution in [0.1, 0.15) is 31.7 Å². The van der Waals surface area contributed by atoms with Crippen molar-refractivity contribution in [2.45, 2.75) is 37.8 Å². The molecule has 7 heteroatoms. The summed E-state index contributed by atoms with van der Waals surface area (Å²) in [4.78, 5) is 12.7. The fraction of sp³-hybridized carbons (Fsp3) is 0.562. The minimum Gasteiger partial charge on any atom is -0.390 e. The standard InChI is InChI=1S/C16H22N6O/c17-14-12-15(20-9-19-14)22(10-21-12)11-4-3-6-16(13(11)23)5-1-2-7-18-8-16/h1-2,9-11,13,18,23H,3-8H2,(H2,17,19,20)/t11?,13-,16-/m0/s1. The first-order valence-electron chi connectivity index (χ1n) is 8.18. The second-order valence-corrected chi connectivity index (χ2v) is 6.66. The van der Waals surface area contributed by atoms with Gasteiger partial charge in [-0.15, -0.1) is 0 Å². The molecule has 122 valence electrons. The lowest BCUT2D eigenvalue weighted by atomic mass is 9.67. The normalized spacial score (nSPS) is 31.5. The van der Waals surface area contributed by atoms with Gasteiger partial charge in [0.25, 0.3) is 0 Å². The number of fused-ring (bicyclic) bond motifs is 1. The van der Waals surface area contributed by atoms with Crippen LogP contribution in [0.15, 0.2) is 24.8 Å². The second kappa shape index (κ2) is 5.58. The molecule has 0 aromatic carbocycles. The number of nitrogens with zero attached hydrogens (tertiary/aromatic N) is 4. The lowest BCUT2D eigenvalue weighted by Gasteiger charge is -2.45. The molecule has 7 nitrogen and oxygen atoms in total. The third kappa shape index (κ3) is 2.31.